The number of rotatable bonds is 9. The lowest BCUT2D eigenvalue weighted by atomic mass is 9.82. The molecular weight excluding hydrogens is 496 g/mol. The molecule has 6 nitrogen and oxygen atoms in total. The Balaban J connectivity index is 1.45. The van der Waals surface area contributed by atoms with E-state index in [1.165, 1.54) is 23.1 Å². The van der Waals surface area contributed by atoms with Crippen molar-refractivity contribution in [1.29, 1.82) is 0 Å². The van der Waals surface area contributed by atoms with E-state index in [4.69, 9.17) is 11.6 Å². The molecule has 1 aliphatic rings. The summed E-state index contributed by atoms with van der Waals surface area (Å²) in [5, 5.41) is 0.145. The van der Waals surface area contributed by atoms with E-state index >= 15 is 0 Å². The van der Waals surface area contributed by atoms with Crippen LogP contribution in [0.2, 0.25) is 5.02 Å². The van der Waals surface area contributed by atoms with Crippen molar-refractivity contribution >= 4 is 33.3 Å². The van der Waals surface area contributed by atoms with Crippen molar-refractivity contribution in [3.8, 4) is 0 Å². The Morgan fingerprint density at radius 1 is 1.03 bits per heavy atom. The Labute approximate surface area is 220 Å². The fourth-order valence-electron chi connectivity index (χ4n) is 4.74. The predicted octanol–water partition coefficient (Wildman–Crippen LogP) is 5.20. The molecule has 36 heavy (non-hydrogen) atoms. The number of carbonyl (C=O) groups excluding carboxylic acids is 2. The number of likely N-dealkylation sites (tertiary alicyclic amines) is 1. The van der Waals surface area contributed by atoms with Gasteiger partial charge in [-0.05, 0) is 62.8 Å². The van der Waals surface area contributed by atoms with Crippen LogP contribution in [0.3, 0.4) is 0 Å². The average Bonchev–Trinajstić information content (AvgIpc) is 2.86. The third-order valence-corrected chi connectivity index (χ3v) is 9.25. The first kappa shape index (κ1) is 28.2. The van der Waals surface area contributed by atoms with Crippen molar-refractivity contribution in [3.05, 3.63) is 64.7 Å². The first-order valence-corrected chi connectivity index (χ1v) is 14.6. The zero-order chi connectivity index (χ0) is 26.5. The molecule has 1 heterocycles. The second kappa shape index (κ2) is 11.8. The Kier molecular flexibility index (Phi) is 9.23. The largest absolute Gasteiger partial charge is 0.345 e. The van der Waals surface area contributed by atoms with Gasteiger partial charge in [0.2, 0.25) is 5.91 Å². The smallest absolute Gasteiger partial charge is 0.254 e. The summed E-state index contributed by atoms with van der Waals surface area (Å²) in [5.41, 5.74) is 0.764. The minimum Gasteiger partial charge on any atom is -0.345 e. The first-order chi connectivity index (χ1) is 16.9. The molecule has 3 rings (SSSR count). The van der Waals surface area contributed by atoms with Gasteiger partial charge >= 0.3 is 0 Å². The molecule has 0 radical (unpaired) electrons. The van der Waals surface area contributed by atoms with Crippen LogP contribution in [-0.2, 0) is 20.0 Å². The van der Waals surface area contributed by atoms with E-state index in [9.17, 15) is 18.0 Å². The van der Waals surface area contributed by atoms with Gasteiger partial charge < -0.3 is 9.80 Å². The minimum absolute atomic E-state index is 0.0485. The standard InChI is InChI=1S/C28H37ClN2O4S/c1-28(2,22-11-6-5-7-12-22)27(33)31-17-15-21(16-18-31)10-8-9-19-36(34,35)23-13-14-24(25(29)20-23)26(32)30(3)4/h5-7,11-14,20-21H,8-10,15-19H2,1-4H3. The molecule has 0 aromatic heterocycles. The van der Waals surface area contributed by atoms with Crippen LogP contribution >= 0.6 is 11.6 Å². The molecule has 0 aliphatic carbocycles. The van der Waals surface area contributed by atoms with E-state index in [0.29, 0.717) is 12.3 Å². The van der Waals surface area contributed by atoms with Gasteiger partial charge in [0, 0.05) is 27.2 Å². The summed E-state index contributed by atoms with van der Waals surface area (Å²) in [7, 11) is -0.230. The number of piperidine rings is 1. The molecule has 0 atom stereocenters. The number of halogens is 1. The molecule has 196 valence electrons. The Hall–Kier alpha value is -2.38. The summed E-state index contributed by atoms with van der Waals surface area (Å²) >= 11 is 6.19. The highest BCUT2D eigenvalue weighted by molar-refractivity contribution is 7.91. The van der Waals surface area contributed by atoms with Crippen molar-refractivity contribution in [1.82, 2.24) is 9.80 Å². The van der Waals surface area contributed by atoms with Gasteiger partial charge in [0.25, 0.3) is 5.91 Å². The van der Waals surface area contributed by atoms with E-state index < -0.39 is 15.3 Å². The maximum absolute atomic E-state index is 13.2. The monoisotopic (exact) mass is 532 g/mol. The van der Waals surface area contributed by atoms with E-state index in [2.05, 4.69) is 0 Å². The topological polar surface area (TPSA) is 74.8 Å². The van der Waals surface area contributed by atoms with Crippen LogP contribution in [-0.4, -0.2) is 63.0 Å². The molecule has 0 saturated carbocycles. The molecule has 8 heteroatoms. The fraction of sp³-hybridized carbons (Fsp3) is 0.500. The Bertz CT molecular complexity index is 1170. The summed E-state index contributed by atoms with van der Waals surface area (Å²) in [6, 6.07) is 14.2. The van der Waals surface area contributed by atoms with Gasteiger partial charge in [-0.2, -0.15) is 0 Å². The minimum atomic E-state index is -3.47. The number of unbranched alkanes of at least 4 members (excludes halogenated alkanes) is 1. The maximum atomic E-state index is 13.2. The van der Waals surface area contributed by atoms with Gasteiger partial charge in [-0.3, -0.25) is 9.59 Å². The molecular formula is C28H37ClN2O4S. The number of amides is 2. The van der Waals surface area contributed by atoms with E-state index in [-0.39, 0.29) is 33.0 Å². The molecule has 1 saturated heterocycles. The summed E-state index contributed by atoms with van der Waals surface area (Å²) in [4.78, 5) is 28.8. The van der Waals surface area contributed by atoms with E-state index in [1.54, 1.807) is 14.1 Å². The molecule has 0 N–H and O–H groups in total. The van der Waals surface area contributed by atoms with Crippen LogP contribution in [0.15, 0.2) is 53.4 Å². The number of carbonyl (C=O) groups is 2. The zero-order valence-corrected chi connectivity index (χ0v) is 23.2. The summed E-state index contributed by atoms with van der Waals surface area (Å²) in [6.07, 6.45) is 4.23. The lowest BCUT2D eigenvalue weighted by Gasteiger charge is -2.37. The van der Waals surface area contributed by atoms with Crippen LogP contribution in [0, 0.1) is 5.92 Å². The molecule has 2 aromatic rings. The van der Waals surface area contributed by atoms with Gasteiger partial charge in [0.1, 0.15) is 0 Å². The quantitative estimate of drug-likeness (QED) is 0.416. The van der Waals surface area contributed by atoms with Crippen LogP contribution in [0.25, 0.3) is 0 Å². The van der Waals surface area contributed by atoms with Crippen molar-refractivity contribution < 1.29 is 18.0 Å². The molecule has 2 amide bonds. The molecule has 0 bridgehead atoms. The fourth-order valence-corrected chi connectivity index (χ4v) is 6.46. The second-order valence-electron chi connectivity index (χ2n) is 10.4. The van der Waals surface area contributed by atoms with Gasteiger partial charge in [-0.1, -0.05) is 54.8 Å². The molecule has 2 aromatic carbocycles. The van der Waals surface area contributed by atoms with Gasteiger partial charge in [-0.15, -0.1) is 0 Å². The van der Waals surface area contributed by atoms with Crippen LogP contribution in [0.4, 0.5) is 0 Å². The number of benzene rings is 2. The van der Waals surface area contributed by atoms with Crippen molar-refractivity contribution in [2.75, 3.05) is 32.9 Å². The van der Waals surface area contributed by atoms with Crippen molar-refractivity contribution in [2.45, 2.75) is 56.3 Å². The average molecular weight is 533 g/mol. The Morgan fingerprint density at radius 2 is 1.67 bits per heavy atom. The molecule has 0 spiro atoms. The van der Waals surface area contributed by atoms with Crippen molar-refractivity contribution in [3.63, 3.8) is 0 Å². The molecule has 1 aliphatic heterocycles. The highest BCUT2D eigenvalue weighted by Gasteiger charge is 2.35. The van der Waals surface area contributed by atoms with Crippen LogP contribution in [0.5, 0.6) is 0 Å². The predicted molar refractivity (Wildman–Crippen MR) is 144 cm³/mol. The number of sulfone groups is 1. The highest BCUT2D eigenvalue weighted by Crippen LogP contribution is 2.30. The first-order valence-electron chi connectivity index (χ1n) is 12.5. The second-order valence-corrected chi connectivity index (χ2v) is 12.9. The summed E-state index contributed by atoms with van der Waals surface area (Å²) in [5.74, 6) is 0.449. The van der Waals surface area contributed by atoms with Crippen molar-refractivity contribution in [2.24, 2.45) is 5.92 Å². The third kappa shape index (κ3) is 6.68. The van der Waals surface area contributed by atoms with Crippen LogP contribution in [0.1, 0.15) is 61.9 Å². The maximum Gasteiger partial charge on any atom is 0.254 e. The van der Waals surface area contributed by atoms with E-state index in [1.807, 2.05) is 49.1 Å². The lowest BCUT2D eigenvalue weighted by molar-refractivity contribution is -0.137. The summed E-state index contributed by atoms with van der Waals surface area (Å²) < 4.78 is 25.6. The van der Waals surface area contributed by atoms with Crippen LogP contribution < -0.4 is 0 Å². The van der Waals surface area contributed by atoms with E-state index in [0.717, 1.165) is 44.3 Å². The number of hydrogen-bond donors (Lipinski definition) is 0. The normalized spacial score (nSPS) is 15.1. The third-order valence-electron chi connectivity index (χ3n) is 7.14. The highest BCUT2D eigenvalue weighted by atomic mass is 35.5. The number of hydrogen-bond acceptors (Lipinski definition) is 4. The molecule has 1 fully saturated rings. The Morgan fingerprint density at radius 3 is 2.25 bits per heavy atom. The van der Waals surface area contributed by atoms with Gasteiger partial charge in [-0.25, -0.2) is 8.42 Å². The molecule has 0 unspecified atom stereocenters. The SMILES string of the molecule is CN(C)C(=O)c1ccc(S(=O)(=O)CCCCC2CCN(C(=O)C(C)(C)c3ccccc3)CC2)cc1Cl. The number of nitrogens with zero attached hydrogens (tertiary/aromatic N) is 2. The van der Waals surface area contributed by atoms with Gasteiger partial charge in [0.05, 0.1) is 26.6 Å². The lowest BCUT2D eigenvalue weighted by Crippen LogP contribution is -2.47. The van der Waals surface area contributed by atoms with Gasteiger partial charge in [0.15, 0.2) is 9.84 Å². The summed E-state index contributed by atoms with van der Waals surface area (Å²) in [6.45, 7) is 5.46. The zero-order valence-electron chi connectivity index (χ0n) is 21.7.